The Bertz CT molecular complexity index is 609. The lowest BCUT2D eigenvalue weighted by atomic mass is 9.85. The summed E-state index contributed by atoms with van der Waals surface area (Å²) in [5.41, 5.74) is 7.64. The second-order valence-corrected chi connectivity index (χ2v) is 6.20. The number of rotatable bonds is 5. The van der Waals surface area contributed by atoms with Crippen LogP contribution in [0.1, 0.15) is 46.0 Å². The van der Waals surface area contributed by atoms with E-state index < -0.39 is 12.1 Å². The lowest BCUT2D eigenvalue weighted by Crippen LogP contribution is -2.38. The number of nitrogens with zero attached hydrogens (tertiary/aromatic N) is 3. The molecule has 1 aromatic rings. The Labute approximate surface area is 139 Å². The van der Waals surface area contributed by atoms with E-state index in [9.17, 15) is 13.2 Å². The molecule has 2 rings (SSSR count). The van der Waals surface area contributed by atoms with Crippen molar-refractivity contribution in [3.63, 3.8) is 0 Å². The summed E-state index contributed by atoms with van der Waals surface area (Å²) < 4.78 is 39.9. The number of nitrogens with two attached hydrogens (primary N) is 1. The minimum Gasteiger partial charge on any atom is -0.368 e. The third kappa shape index (κ3) is 4.10. The summed E-state index contributed by atoms with van der Waals surface area (Å²) in [5.74, 6) is -0.330. The van der Waals surface area contributed by atoms with Gasteiger partial charge in [-0.3, -0.25) is 0 Å². The predicted molar refractivity (Wildman–Crippen MR) is 87.7 cm³/mol. The zero-order valence-corrected chi connectivity index (χ0v) is 14.0. The topological polar surface area (TPSA) is 68.8 Å². The van der Waals surface area contributed by atoms with E-state index >= 15 is 0 Å². The molecule has 0 aliphatic heterocycles. The number of hydrogen-bond acceptors (Lipinski definition) is 4. The molecule has 1 aliphatic carbocycles. The van der Waals surface area contributed by atoms with Gasteiger partial charge < -0.3 is 11.1 Å². The molecule has 0 bridgehead atoms. The summed E-state index contributed by atoms with van der Waals surface area (Å²) >= 11 is 0. The quantitative estimate of drug-likeness (QED) is 0.800. The van der Waals surface area contributed by atoms with E-state index in [1.54, 1.807) is 0 Å². The molecular formula is C16H24F3N5. The summed E-state index contributed by atoms with van der Waals surface area (Å²) in [4.78, 5) is 3.92. The van der Waals surface area contributed by atoms with E-state index in [0.29, 0.717) is 18.7 Å². The Kier molecular flexibility index (Phi) is 5.56. The second kappa shape index (κ2) is 7.27. The molecule has 0 amide bonds. The van der Waals surface area contributed by atoms with Gasteiger partial charge in [0, 0.05) is 6.04 Å². The average molecular weight is 343 g/mol. The average Bonchev–Trinajstić information content (AvgIpc) is 2.96. The van der Waals surface area contributed by atoms with E-state index in [4.69, 9.17) is 5.73 Å². The Morgan fingerprint density at radius 3 is 2.46 bits per heavy atom. The molecule has 1 saturated carbocycles. The number of aromatic nitrogens is 3. The molecule has 8 heteroatoms. The number of nitrogen functional groups attached to an aromatic ring is 1. The van der Waals surface area contributed by atoms with Crippen LogP contribution >= 0.6 is 0 Å². The SMILES string of the molecule is C=C(CC)/C(C)=C(/NC1CCC(C(F)(F)F)CC1)n1ncnc1N. The van der Waals surface area contributed by atoms with Gasteiger partial charge in [0.2, 0.25) is 5.95 Å². The van der Waals surface area contributed by atoms with Crippen molar-refractivity contribution in [1.82, 2.24) is 20.1 Å². The number of allylic oxidation sites excluding steroid dienone is 2. The van der Waals surface area contributed by atoms with Crippen molar-refractivity contribution in [2.45, 2.75) is 58.2 Å². The summed E-state index contributed by atoms with van der Waals surface area (Å²) in [6.07, 6.45) is -0.829. The molecule has 1 aromatic heterocycles. The van der Waals surface area contributed by atoms with Crippen molar-refractivity contribution < 1.29 is 13.2 Å². The molecule has 0 radical (unpaired) electrons. The monoisotopic (exact) mass is 343 g/mol. The molecule has 0 atom stereocenters. The number of alkyl halides is 3. The van der Waals surface area contributed by atoms with Crippen molar-refractivity contribution >= 4 is 11.8 Å². The fraction of sp³-hybridized carbons (Fsp3) is 0.625. The highest BCUT2D eigenvalue weighted by Gasteiger charge is 2.41. The standard InChI is InChI=1S/C16H24F3N5/c1-4-10(2)11(3)14(24-15(20)21-9-22-24)23-13-7-5-12(6-8-13)16(17,18)19/h9,12-13,23H,2,4-8H2,1,3H3,(H2,20,21,22)/b14-11-. The van der Waals surface area contributed by atoms with Crippen LogP contribution < -0.4 is 11.1 Å². The van der Waals surface area contributed by atoms with E-state index in [-0.39, 0.29) is 24.8 Å². The van der Waals surface area contributed by atoms with Gasteiger partial charge >= 0.3 is 6.18 Å². The summed E-state index contributed by atoms with van der Waals surface area (Å²) in [7, 11) is 0. The molecule has 1 heterocycles. The van der Waals surface area contributed by atoms with Crippen molar-refractivity contribution in [3.8, 4) is 0 Å². The van der Waals surface area contributed by atoms with Gasteiger partial charge in [0.1, 0.15) is 12.1 Å². The predicted octanol–water partition coefficient (Wildman–Crippen LogP) is 3.73. The van der Waals surface area contributed by atoms with Crippen LogP contribution in [-0.2, 0) is 0 Å². The summed E-state index contributed by atoms with van der Waals surface area (Å²) in [6, 6.07) is -0.0539. The molecule has 5 nitrogen and oxygen atoms in total. The van der Waals surface area contributed by atoms with Gasteiger partial charge in [-0.15, -0.1) is 0 Å². The molecule has 0 unspecified atom stereocenters. The van der Waals surface area contributed by atoms with Crippen LogP contribution in [-0.4, -0.2) is 27.0 Å². The summed E-state index contributed by atoms with van der Waals surface area (Å²) in [5, 5.41) is 7.43. The number of hydrogen-bond donors (Lipinski definition) is 2. The van der Waals surface area contributed by atoms with Crippen molar-refractivity contribution in [2.24, 2.45) is 5.92 Å². The Morgan fingerprint density at radius 1 is 1.38 bits per heavy atom. The van der Waals surface area contributed by atoms with Gasteiger partial charge in [0.25, 0.3) is 0 Å². The van der Waals surface area contributed by atoms with Crippen LogP contribution in [0.15, 0.2) is 24.1 Å². The van der Waals surface area contributed by atoms with Crippen molar-refractivity contribution in [1.29, 1.82) is 0 Å². The van der Waals surface area contributed by atoms with Crippen molar-refractivity contribution in [2.75, 3.05) is 5.73 Å². The maximum Gasteiger partial charge on any atom is 0.391 e. The smallest absolute Gasteiger partial charge is 0.368 e. The number of nitrogens with one attached hydrogen (secondary N) is 1. The molecule has 0 saturated heterocycles. The Morgan fingerprint density at radius 2 is 2.00 bits per heavy atom. The number of anilines is 1. The van der Waals surface area contributed by atoms with Gasteiger partial charge in [-0.2, -0.15) is 27.9 Å². The molecule has 3 N–H and O–H groups in total. The first kappa shape index (κ1) is 18.4. The number of halogens is 3. The highest BCUT2D eigenvalue weighted by atomic mass is 19.4. The summed E-state index contributed by atoms with van der Waals surface area (Å²) in [6.45, 7) is 7.91. The largest absolute Gasteiger partial charge is 0.391 e. The van der Waals surface area contributed by atoms with Gasteiger partial charge in [0.15, 0.2) is 0 Å². The van der Waals surface area contributed by atoms with Gasteiger partial charge in [-0.05, 0) is 50.2 Å². The van der Waals surface area contributed by atoms with E-state index in [2.05, 4.69) is 22.0 Å². The molecular weight excluding hydrogens is 319 g/mol. The highest BCUT2D eigenvalue weighted by Crippen LogP contribution is 2.38. The van der Waals surface area contributed by atoms with Crippen LogP contribution in [0, 0.1) is 5.92 Å². The van der Waals surface area contributed by atoms with E-state index in [1.807, 2.05) is 13.8 Å². The van der Waals surface area contributed by atoms with Crippen LogP contribution in [0.5, 0.6) is 0 Å². The lowest BCUT2D eigenvalue weighted by Gasteiger charge is -2.32. The fourth-order valence-corrected chi connectivity index (χ4v) is 2.94. The van der Waals surface area contributed by atoms with Crippen LogP contribution in [0.4, 0.5) is 19.1 Å². The maximum atomic E-state index is 12.8. The maximum absolute atomic E-state index is 12.8. The third-order valence-electron chi connectivity index (χ3n) is 4.63. The molecule has 24 heavy (non-hydrogen) atoms. The fourth-order valence-electron chi connectivity index (χ4n) is 2.94. The first-order chi connectivity index (χ1) is 11.2. The minimum absolute atomic E-state index is 0.0539. The zero-order chi connectivity index (χ0) is 17.9. The molecule has 1 fully saturated rings. The van der Waals surface area contributed by atoms with Crippen LogP contribution in [0.2, 0.25) is 0 Å². The first-order valence-electron chi connectivity index (χ1n) is 8.12. The van der Waals surface area contributed by atoms with Gasteiger partial charge in [-0.1, -0.05) is 13.5 Å². The lowest BCUT2D eigenvalue weighted by molar-refractivity contribution is -0.182. The molecule has 134 valence electrons. The second-order valence-electron chi connectivity index (χ2n) is 6.20. The highest BCUT2D eigenvalue weighted by molar-refractivity contribution is 5.57. The van der Waals surface area contributed by atoms with Gasteiger partial charge in [-0.25, -0.2) is 0 Å². The van der Waals surface area contributed by atoms with Gasteiger partial charge in [0.05, 0.1) is 5.92 Å². The first-order valence-corrected chi connectivity index (χ1v) is 8.12. The Balaban J connectivity index is 2.17. The van der Waals surface area contributed by atoms with E-state index in [1.165, 1.54) is 11.0 Å². The molecule has 0 aromatic carbocycles. The molecule has 1 aliphatic rings. The third-order valence-corrected chi connectivity index (χ3v) is 4.63. The van der Waals surface area contributed by atoms with Crippen LogP contribution in [0.3, 0.4) is 0 Å². The van der Waals surface area contributed by atoms with Crippen molar-refractivity contribution in [3.05, 3.63) is 24.1 Å². The van der Waals surface area contributed by atoms with Crippen LogP contribution in [0.25, 0.3) is 5.82 Å². The molecule has 0 spiro atoms. The Hall–Kier alpha value is -1.99. The zero-order valence-electron chi connectivity index (χ0n) is 14.0. The normalized spacial score (nSPS) is 22.9. The van der Waals surface area contributed by atoms with E-state index in [0.717, 1.165) is 17.6 Å². The minimum atomic E-state index is -4.10.